The van der Waals surface area contributed by atoms with E-state index in [4.69, 9.17) is 4.74 Å². The topological polar surface area (TPSA) is 41.6 Å². The first-order valence-corrected chi connectivity index (χ1v) is 7.08. The van der Waals surface area contributed by atoms with Gasteiger partial charge in [-0.15, -0.1) is 0 Å². The molecule has 0 aliphatic carbocycles. The van der Waals surface area contributed by atoms with Gasteiger partial charge in [-0.2, -0.15) is 0 Å². The molecule has 19 heavy (non-hydrogen) atoms. The lowest BCUT2D eigenvalue weighted by Crippen LogP contribution is -2.33. The lowest BCUT2D eigenvalue weighted by atomic mass is 10.0. The first-order chi connectivity index (χ1) is 9.34. The van der Waals surface area contributed by atoms with E-state index in [0.717, 1.165) is 44.5 Å². The Hall–Kier alpha value is -1.55. The molecule has 0 saturated carbocycles. The van der Waals surface area contributed by atoms with Crippen molar-refractivity contribution in [1.29, 1.82) is 0 Å². The number of hydrogen-bond acceptors (Lipinski definition) is 3. The largest absolute Gasteiger partial charge is 0.385 e. The Morgan fingerprint density at radius 2 is 2.16 bits per heavy atom. The molecule has 0 unspecified atom stereocenters. The van der Waals surface area contributed by atoms with Crippen LogP contribution in [0.1, 0.15) is 28.8 Å². The van der Waals surface area contributed by atoms with Gasteiger partial charge < -0.3 is 15.0 Å². The molecule has 1 amide bonds. The van der Waals surface area contributed by atoms with Crippen LogP contribution in [-0.2, 0) is 11.2 Å². The van der Waals surface area contributed by atoms with E-state index < -0.39 is 0 Å². The van der Waals surface area contributed by atoms with Crippen molar-refractivity contribution in [2.24, 2.45) is 0 Å². The number of carbonyl (C=O) groups is 1. The molecule has 1 saturated heterocycles. The Morgan fingerprint density at radius 3 is 3.11 bits per heavy atom. The number of nitrogens with one attached hydrogen (secondary N) is 1. The standard InChI is InChI=1S/C15H20N2O2/c18-15(17-7-2-9-19-10-8-17)13-4-5-14-12(11-13)3-1-6-16-14/h4-5,11,16H,1-3,6-10H2. The highest BCUT2D eigenvalue weighted by atomic mass is 16.5. The molecular formula is C15H20N2O2. The number of rotatable bonds is 1. The summed E-state index contributed by atoms with van der Waals surface area (Å²) in [6.07, 6.45) is 3.13. The molecule has 0 atom stereocenters. The molecular weight excluding hydrogens is 240 g/mol. The third kappa shape index (κ3) is 2.73. The predicted octanol–water partition coefficient (Wildman–Crippen LogP) is 1.91. The quantitative estimate of drug-likeness (QED) is 0.838. The summed E-state index contributed by atoms with van der Waals surface area (Å²) in [5.74, 6) is 0.138. The zero-order valence-electron chi connectivity index (χ0n) is 11.2. The summed E-state index contributed by atoms with van der Waals surface area (Å²) in [4.78, 5) is 14.4. The third-order valence-corrected chi connectivity index (χ3v) is 3.80. The highest BCUT2D eigenvalue weighted by molar-refractivity contribution is 5.95. The van der Waals surface area contributed by atoms with Crippen LogP contribution >= 0.6 is 0 Å². The molecule has 0 radical (unpaired) electrons. The normalized spacial score (nSPS) is 19.3. The third-order valence-electron chi connectivity index (χ3n) is 3.80. The number of benzene rings is 1. The van der Waals surface area contributed by atoms with E-state index in [1.54, 1.807) is 0 Å². The van der Waals surface area contributed by atoms with E-state index in [2.05, 4.69) is 11.4 Å². The maximum atomic E-state index is 12.5. The Bertz CT molecular complexity index is 465. The van der Waals surface area contributed by atoms with Crippen LogP contribution in [0.2, 0.25) is 0 Å². The highest BCUT2D eigenvalue weighted by Crippen LogP contribution is 2.23. The van der Waals surface area contributed by atoms with Gasteiger partial charge in [-0.3, -0.25) is 4.79 Å². The minimum Gasteiger partial charge on any atom is -0.385 e. The average molecular weight is 260 g/mol. The molecule has 102 valence electrons. The van der Waals surface area contributed by atoms with Crippen molar-refractivity contribution in [1.82, 2.24) is 4.90 Å². The van der Waals surface area contributed by atoms with Crippen molar-refractivity contribution in [3.05, 3.63) is 29.3 Å². The van der Waals surface area contributed by atoms with Crippen molar-refractivity contribution in [2.75, 3.05) is 38.2 Å². The molecule has 1 fully saturated rings. The van der Waals surface area contributed by atoms with E-state index in [-0.39, 0.29) is 5.91 Å². The number of anilines is 1. The van der Waals surface area contributed by atoms with E-state index in [1.807, 2.05) is 17.0 Å². The lowest BCUT2D eigenvalue weighted by Gasteiger charge is -2.22. The smallest absolute Gasteiger partial charge is 0.253 e. The maximum absolute atomic E-state index is 12.5. The lowest BCUT2D eigenvalue weighted by molar-refractivity contribution is 0.0741. The van der Waals surface area contributed by atoms with Gasteiger partial charge in [0.05, 0.1) is 6.61 Å². The van der Waals surface area contributed by atoms with Crippen molar-refractivity contribution in [2.45, 2.75) is 19.3 Å². The maximum Gasteiger partial charge on any atom is 0.253 e. The van der Waals surface area contributed by atoms with Gasteiger partial charge in [0.1, 0.15) is 0 Å². The molecule has 2 heterocycles. The molecule has 1 aromatic rings. The van der Waals surface area contributed by atoms with Crippen LogP contribution in [0, 0.1) is 0 Å². The molecule has 4 nitrogen and oxygen atoms in total. The number of fused-ring (bicyclic) bond motifs is 1. The SMILES string of the molecule is O=C(c1ccc2c(c1)CCCN2)N1CCCOCC1. The van der Waals surface area contributed by atoms with Crippen molar-refractivity contribution in [3.63, 3.8) is 0 Å². The fraction of sp³-hybridized carbons (Fsp3) is 0.533. The fourth-order valence-corrected chi connectivity index (χ4v) is 2.74. The van der Waals surface area contributed by atoms with Gasteiger partial charge in [0.2, 0.25) is 0 Å². The first-order valence-electron chi connectivity index (χ1n) is 7.08. The van der Waals surface area contributed by atoms with Gasteiger partial charge >= 0.3 is 0 Å². The first kappa shape index (κ1) is 12.5. The van der Waals surface area contributed by atoms with Crippen LogP contribution in [0.25, 0.3) is 0 Å². The Kier molecular flexibility index (Phi) is 3.69. The molecule has 0 bridgehead atoms. The van der Waals surface area contributed by atoms with E-state index in [0.29, 0.717) is 13.2 Å². The summed E-state index contributed by atoms with van der Waals surface area (Å²) >= 11 is 0. The van der Waals surface area contributed by atoms with Crippen molar-refractivity contribution >= 4 is 11.6 Å². The number of nitrogens with zero attached hydrogens (tertiary/aromatic N) is 1. The molecule has 1 aromatic carbocycles. The molecule has 1 N–H and O–H groups in total. The van der Waals surface area contributed by atoms with Crippen LogP contribution in [0.15, 0.2) is 18.2 Å². The number of aryl methyl sites for hydroxylation is 1. The van der Waals surface area contributed by atoms with Crippen LogP contribution in [0.4, 0.5) is 5.69 Å². The summed E-state index contributed by atoms with van der Waals surface area (Å²) in [5.41, 5.74) is 3.26. The number of hydrogen-bond donors (Lipinski definition) is 1. The monoisotopic (exact) mass is 260 g/mol. The van der Waals surface area contributed by atoms with Crippen molar-refractivity contribution < 1.29 is 9.53 Å². The number of ether oxygens (including phenoxy) is 1. The molecule has 2 aliphatic heterocycles. The zero-order chi connectivity index (χ0) is 13.1. The number of carbonyl (C=O) groups excluding carboxylic acids is 1. The van der Waals surface area contributed by atoms with E-state index in [9.17, 15) is 4.79 Å². The van der Waals surface area contributed by atoms with Crippen LogP contribution in [0.5, 0.6) is 0 Å². The van der Waals surface area contributed by atoms with Gasteiger partial charge in [-0.25, -0.2) is 0 Å². The highest BCUT2D eigenvalue weighted by Gasteiger charge is 2.19. The van der Waals surface area contributed by atoms with Gasteiger partial charge in [0.25, 0.3) is 5.91 Å². The molecule has 3 rings (SSSR count). The van der Waals surface area contributed by atoms with Gasteiger partial charge in [0.15, 0.2) is 0 Å². The molecule has 4 heteroatoms. The summed E-state index contributed by atoms with van der Waals surface area (Å²) in [7, 11) is 0. The molecule has 0 aromatic heterocycles. The second-order valence-corrected chi connectivity index (χ2v) is 5.16. The number of amides is 1. The summed E-state index contributed by atoms with van der Waals surface area (Å²) in [6.45, 7) is 3.95. The molecule has 0 spiro atoms. The van der Waals surface area contributed by atoms with E-state index in [1.165, 1.54) is 11.3 Å². The Balaban J connectivity index is 1.78. The van der Waals surface area contributed by atoms with Crippen LogP contribution in [-0.4, -0.2) is 43.7 Å². The van der Waals surface area contributed by atoms with Crippen molar-refractivity contribution in [3.8, 4) is 0 Å². The van der Waals surface area contributed by atoms with Gasteiger partial charge in [-0.05, 0) is 43.0 Å². The predicted molar refractivity (Wildman–Crippen MR) is 74.6 cm³/mol. The van der Waals surface area contributed by atoms with Crippen LogP contribution in [0.3, 0.4) is 0 Å². The zero-order valence-corrected chi connectivity index (χ0v) is 11.2. The van der Waals surface area contributed by atoms with Crippen LogP contribution < -0.4 is 5.32 Å². The summed E-state index contributed by atoms with van der Waals surface area (Å²) in [6, 6.07) is 6.02. The average Bonchev–Trinajstić information content (AvgIpc) is 2.75. The van der Waals surface area contributed by atoms with E-state index >= 15 is 0 Å². The fourth-order valence-electron chi connectivity index (χ4n) is 2.74. The van der Waals surface area contributed by atoms with Gasteiger partial charge in [0, 0.05) is 37.5 Å². The second kappa shape index (κ2) is 5.61. The Morgan fingerprint density at radius 1 is 1.21 bits per heavy atom. The van der Waals surface area contributed by atoms with Gasteiger partial charge in [-0.1, -0.05) is 0 Å². The Labute approximate surface area is 113 Å². The minimum atomic E-state index is 0.138. The summed E-state index contributed by atoms with van der Waals surface area (Å²) in [5, 5.41) is 3.37. The second-order valence-electron chi connectivity index (χ2n) is 5.16. The summed E-state index contributed by atoms with van der Waals surface area (Å²) < 4.78 is 5.40. The molecule has 2 aliphatic rings. The minimum absolute atomic E-state index is 0.138.